The van der Waals surface area contributed by atoms with Gasteiger partial charge in [-0.3, -0.25) is 10.1 Å². The molecule has 0 unspecified atom stereocenters. The molecule has 6 nitrogen and oxygen atoms in total. The minimum absolute atomic E-state index is 0.00239. The molecular weight excluding hydrogens is 400 g/mol. The first-order valence-electron chi connectivity index (χ1n) is 9.92. The molecule has 2 rings (SSSR count). The van der Waals surface area contributed by atoms with Crippen molar-refractivity contribution in [3.05, 3.63) is 34.4 Å². The Hall–Kier alpha value is -1.94. The van der Waals surface area contributed by atoms with Gasteiger partial charge in [-0.15, -0.1) is 0 Å². The summed E-state index contributed by atoms with van der Waals surface area (Å²) in [6, 6.07) is 6.83. The van der Waals surface area contributed by atoms with Crippen molar-refractivity contribution in [2.45, 2.75) is 77.8 Å². The SMILES string of the molecule is CC(C)(C)[Si](C)(C)Oc1cc2cccc([N+](=O)[O-])c2c(O[Si](C)(C)C(C)(C)C)n1. The summed E-state index contributed by atoms with van der Waals surface area (Å²) in [5.41, 5.74) is 0.00239. The number of pyridine rings is 1. The zero-order chi connectivity index (χ0) is 22.4. The topological polar surface area (TPSA) is 74.5 Å². The van der Waals surface area contributed by atoms with Crippen LogP contribution in [0.2, 0.25) is 36.3 Å². The van der Waals surface area contributed by atoms with E-state index in [1.165, 1.54) is 6.07 Å². The van der Waals surface area contributed by atoms with Crippen LogP contribution in [0.25, 0.3) is 10.8 Å². The van der Waals surface area contributed by atoms with Crippen molar-refractivity contribution in [2.24, 2.45) is 0 Å². The van der Waals surface area contributed by atoms with Gasteiger partial charge in [0.05, 0.1) is 4.92 Å². The molecule has 1 aromatic carbocycles. The molecule has 1 aromatic heterocycles. The van der Waals surface area contributed by atoms with Crippen LogP contribution in [0.4, 0.5) is 5.69 Å². The number of nitro groups is 1. The second-order valence-electron chi connectivity index (χ2n) is 10.6. The molecule has 0 saturated heterocycles. The fraction of sp³-hybridized carbons (Fsp3) is 0.571. The molecule has 0 atom stereocenters. The molecule has 0 spiro atoms. The summed E-state index contributed by atoms with van der Waals surface area (Å²) >= 11 is 0. The third-order valence-corrected chi connectivity index (χ3v) is 14.9. The van der Waals surface area contributed by atoms with Crippen molar-refractivity contribution in [2.75, 3.05) is 0 Å². The third-order valence-electron chi connectivity index (χ3n) is 6.30. The summed E-state index contributed by atoms with van der Waals surface area (Å²) in [5.74, 6) is 0.772. The fourth-order valence-electron chi connectivity index (χ4n) is 2.32. The Bertz CT molecular complexity index is 929. The van der Waals surface area contributed by atoms with Gasteiger partial charge in [0.1, 0.15) is 5.39 Å². The zero-order valence-electron chi connectivity index (χ0n) is 19.3. The second-order valence-corrected chi connectivity index (χ2v) is 20.1. The van der Waals surface area contributed by atoms with Gasteiger partial charge in [-0.25, -0.2) is 0 Å². The van der Waals surface area contributed by atoms with E-state index in [1.807, 2.05) is 6.07 Å². The summed E-state index contributed by atoms with van der Waals surface area (Å²) < 4.78 is 12.9. The van der Waals surface area contributed by atoms with E-state index in [2.05, 4.69) is 72.7 Å². The van der Waals surface area contributed by atoms with Gasteiger partial charge in [0, 0.05) is 12.1 Å². The molecule has 0 radical (unpaired) electrons. The largest absolute Gasteiger partial charge is 0.531 e. The Morgan fingerprint density at radius 1 is 0.931 bits per heavy atom. The predicted octanol–water partition coefficient (Wildman–Crippen LogP) is 6.91. The average Bonchev–Trinajstić information content (AvgIpc) is 2.51. The molecule has 0 aliphatic carbocycles. The smallest absolute Gasteiger partial charge is 0.282 e. The Labute approximate surface area is 176 Å². The first-order valence-corrected chi connectivity index (χ1v) is 15.7. The highest BCUT2D eigenvalue weighted by atomic mass is 28.4. The Balaban J connectivity index is 2.72. The highest BCUT2D eigenvalue weighted by Gasteiger charge is 2.42. The minimum Gasteiger partial charge on any atom is -0.531 e. The normalized spacial score (nSPS) is 13.4. The number of non-ortho nitro benzene ring substituents is 1. The number of aromatic nitrogens is 1. The summed E-state index contributed by atoms with van der Waals surface area (Å²) in [5, 5.41) is 12.8. The maximum atomic E-state index is 11.7. The lowest BCUT2D eigenvalue weighted by atomic mass is 10.1. The molecule has 0 bridgehead atoms. The van der Waals surface area contributed by atoms with E-state index in [4.69, 9.17) is 8.85 Å². The van der Waals surface area contributed by atoms with Gasteiger partial charge in [0.2, 0.25) is 11.8 Å². The molecule has 0 aliphatic rings. The summed E-state index contributed by atoms with van der Waals surface area (Å²) in [4.78, 5) is 16.0. The highest BCUT2D eigenvalue weighted by molar-refractivity contribution is 6.75. The van der Waals surface area contributed by atoms with Crippen LogP contribution < -0.4 is 8.85 Å². The van der Waals surface area contributed by atoms with Gasteiger partial charge >= 0.3 is 0 Å². The molecule has 0 fully saturated rings. The number of nitrogens with zero attached hydrogens (tertiary/aromatic N) is 2. The van der Waals surface area contributed by atoms with Gasteiger partial charge < -0.3 is 8.85 Å². The molecule has 0 N–H and O–H groups in total. The van der Waals surface area contributed by atoms with Crippen molar-refractivity contribution in [1.29, 1.82) is 0 Å². The van der Waals surface area contributed by atoms with Crippen LogP contribution in [0.3, 0.4) is 0 Å². The van der Waals surface area contributed by atoms with Crippen LogP contribution in [-0.2, 0) is 0 Å². The van der Waals surface area contributed by atoms with Crippen LogP contribution in [-0.4, -0.2) is 26.5 Å². The lowest BCUT2D eigenvalue weighted by molar-refractivity contribution is -0.383. The van der Waals surface area contributed by atoms with Crippen molar-refractivity contribution in [3.63, 3.8) is 0 Å². The van der Waals surface area contributed by atoms with Gasteiger partial charge in [0.15, 0.2) is 0 Å². The molecule has 8 heteroatoms. The maximum Gasteiger partial charge on any atom is 0.282 e. The van der Waals surface area contributed by atoms with E-state index in [-0.39, 0.29) is 20.7 Å². The van der Waals surface area contributed by atoms with Gasteiger partial charge in [-0.1, -0.05) is 53.7 Å². The number of fused-ring (bicyclic) bond motifs is 1. The highest BCUT2D eigenvalue weighted by Crippen LogP contribution is 2.43. The number of hydrogen-bond donors (Lipinski definition) is 0. The van der Waals surface area contributed by atoms with Crippen molar-refractivity contribution < 1.29 is 13.8 Å². The molecule has 0 amide bonds. The van der Waals surface area contributed by atoms with Crippen LogP contribution in [0, 0.1) is 10.1 Å². The monoisotopic (exact) mass is 434 g/mol. The fourth-order valence-corrected chi connectivity index (χ4v) is 4.19. The summed E-state index contributed by atoms with van der Waals surface area (Å²) in [7, 11) is -4.40. The lowest BCUT2D eigenvalue weighted by Gasteiger charge is -2.37. The van der Waals surface area contributed by atoms with Crippen LogP contribution >= 0.6 is 0 Å². The molecule has 29 heavy (non-hydrogen) atoms. The lowest BCUT2D eigenvalue weighted by Crippen LogP contribution is -2.45. The van der Waals surface area contributed by atoms with E-state index in [9.17, 15) is 10.1 Å². The summed E-state index contributed by atoms with van der Waals surface area (Å²) in [6.45, 7) is 21.4. The van der Waals surface area contributed by atoms with Crippen molar-refractivity contribution in [3.8, 4) is 11.8 Å². The van der Waals surface area contributed by atoms with Crippen molar-refractivity contribution in [1.82, 2.24) is 4.98 Å². The van der Waals surface area contributed by atoms with Gasteiger partial charge in [-0.2, -0.15) is 4.98 Å². The molecular formula is C21H34N2O4Si2. The first-order chi connectivity index (χ1) is 13.0. The van der Waals surface area contributed by atoms with E-state index >= 15 is 0 Å². The van der Waals surface area contributed by atoms with Crippen LogP contribution in [0.5, 0.6) is 11.8 Å². The molecule has 1 heterocycles. The number of hydrogen-bond acceptors (Lipinski definition) is 5. The van der Waals surface area contributed by atoms with E-state index in [1.54, 1.807) is 12.1 Å². The average molecular weight is 435 g/mol. The zero-order valence-corrected chi connectivity index (χ0v) is 21.3. The summed E-state index contributed by atoms with van der Waals surface area (Å²) in [6.07, 6.45) is 0. The van der Waals surface area contributed by atoms with Gasteiger partial charge in [0.25, 0.3) is 22.3 Å². The predicted molar refractivity (Wildman–Crippen MR) is 124 cm³/mol. The minimum atomic E-state index is -2.27. The number of rotatable bonds is 5. The standard InChI is InChI=1S/C21H34N2O4Si2/c1-20(2,3)28(7,8)26-17-14-15-12-11-13-16(23(24)25)18(15)19(22-17)27-29(9,10)21(4,5)6/h11-14H,1-10H3. The Kier molecular flexibility index (Phi) is 5.95. The molecule has 0 aliphatic heterocycles. The van der Waals surface area contributed by atoms with E-state index in [0.29, 0.717) is 22.5 Å². The quantitative estimate of drug-likeness (QED) is 0.290. The van der Waals surface area contributed by atoms with Crippen molar-refractivity contribution >= 4 is 33.1 Å². The first kappa shape index (κ1) is 23.3. The number of nitro benzene ring substituents is 1. The van der Waals surface area contributed by atoms with Crippen LogP contribution in [0.1, 0.15) is 41.5 Å². The number of benzene rings is 1. The third kappa shape index (κ3) is 4.80. The Morgan fingerprint density at radius 3 is 1.93 bits per heavy atom. The van der Waals surface area contributed by atoms with Crippen LogP contribution in [0.15, 0.2) is 24.3 Å². The maximum absolute atomic E-state index is 11.7. The van der Waals surface area contributed by atoms with E-state index in [0.717, 1.165) is 0 Å². The molecule has 0 saturated carbocycles. The molecule has 160 valence electrons. The Morgan fingerprint density at radius 2 is 1.45 bits per heavy atom. The second kappa shape index (κ2) is 7.39. The van der Waals surface area contributed by atoms with Gasteiger partial charge in [-0.05, 0) is 41.7 Å². The van der Waals surface area contributed by atoms with E-state index < -0.39 is 16.6 Å². The molecule has 2 aromatic rings.